The average Bonchev–Trinajstić information content (AvgIpc) is 2.53. The fourth-order valence-electron chi connectivity index (χ4n) is 2.14. The number of hydrogen-bond acceptors (Lipinski definition) is 6. The van der Waals surface area contributed by atoms with Gasteiger partial charge in [-0.3, -0.25) is 4.79 Å². The minimum absolute atomic E-state index is 0.263. The number of halogens is 4. The molecule has 0 spiro atoms. The maximum absolute atomic E-state index is 12.7. The lowest BCUT2D eigenvalue weighted by molar-refractivity contribution is -0.242. The third-order valence-electron chi connectivity index (χ3n) is 3.76. The van der Waals surface area contributed by atoms with Gasteiger partial charge in [0.1, 0.15) is 0 Å². The minimum atomic E-state index is -5.24. The molecule has 8 nitrogen and oxygen atoms in total. The molecular weight excluding hydrogens is 441 g/mol. The lowest BCUT2D eigenvalue weighted by Crippen LogP contribution is -2.52. The first-order valence-electron chi connectivity index (χ1n) is 8.26. The summed E-state index contributed by atoms with van der Waals surface area (Å²) in [5.74, 6) is -1.80. The molecule has 0 aromatic heterocycles. The number of hydrogen-bond donors (Lipinski definition) is 4. The second kappa shape index (κ2) is 9.14. The standard InChI is InChI=1S/C16H22ClF3N2O6S/c1-9(23)7-22(8-10(2)24)29(27,28)11-4-5-13(12(17)6-11)21-14(25)15(3,26)16(18,19)20/h4-6,9-10,23-24,26H,7-8H2,1-3H3,(H,21,25)/t9?,10?,15-/m1/s1. The van der Waals surface area contributed by atoms with E-state index in [-0.39, 0.29) is 30.6 Å². The van der Waals surface area contributed by atoms with Crippen LogP contribution >= 0.6 is 11.6 Å². The normalized spacial score (nSPS) is 16.9. The van der Waals surface area contributed by atoms with Gasteiger partial charge in [-0.25, -0.2) is 8.42 Å². The quantitative estimate of drug-likeness (QED) is 0.462. The van der Waals surface area contributed by atoms with Crippen LogP contribution in [0.4, 0.5) is 18.9 Å². The van der Waals surface area contributed by atoms with Gasteiger partial charge in [-0.2, -0.15) is 17.5 Å². The Bertz CT molecular complexity index is 834. The van der Waals surface area contributed by atoms with Gasteiger partial charge in [0, 0.05) is 13.1 Å². The van der Waals surface area contributed by atoms with Crippen LogP contribution in [0.1, 0.15) is 20.8 Å². The smallest absolute Gasteiger partial charge is 0.392 e. The van der Waals surface area contributed by atoms with Crippen LogP contribution < -0.4 is 5.32 Å². The van der Waals surface area contributed by atoms with Gasteiger partial charge in [0.15, 0.2) is 0 Å². The zero-order valence-corrected chi connectivity index (χ0v) is 17.3. The third-order valence-corrected chi connectivity index (χ3v) is 5.90. The summed E-state index contributed by atoms with van der Waals surface area (Å²) in [4.78, 5) is 11.4. The van der Waals surface area contributed by atoms with Crippen LogP contribution in [0.5, 0.6) is 0 Å². The van der Waals surface area contributed by atoms with E-state index in [1.807, 2.05) is 0 Å². The van der Waals surface area contributed by atoms with E-state index >= 15 is 0 Å². The van der Waals surface area contributed by atoms with Crippen LogP contribution in [0.3, 0.4) is 0 Å². The number of aliphatic hydroxyl groups is 3. The maximum Gasteiger partial charge on any atom is 0.426 e. The Morgan fingerprint density at radius 1 is 1.21 bits per heavy atom. The summed E-state index contributed by atoms with van der Waals surface area (Å²) in [6.07, 6.45) is -7.32. The highest BCUT2D eigenvalue weighted by atomic mass is 35.5. The fourth-order valence-corrected chi connectivity index (χ4v) is 4.06. The van der Waals surface area contributed by atoms with Crippen LogP contribution in [-0.2, 0) is 14.8 Å². The Morgan fingerprint density at radius 2 is 1.69 bits per heavy atom. The van der Waals surface area contributed by atoms with Crippen molar-refractivity contribution in [2.45, 2.75) is 49.7 Å². The monoisotopic (exact) mass is 462 g/mol. The largest absolute Gasteiger partial charge is 0.426 e. The van der Waals surface area contributed by atoms with E-state index in [2.05, 4.69) is 0 Å². The molecule has 0 aliphatic heterocycles. The van der Waals surface area contributed by atoms with Crippen LogP contribution in [0.2, 0.25) is 5.02 Å². The predicted octanol–water partition coefficient (Wildman–Crippen LogP) is 1.34. The van der Waals surface area contributed by atoms with Crippen molar-refractivity contribution in [2.75, 3.05) is 18.4 Å². The summed E-state index contributed by atoms with van der Waals surface area (Å²) < 4.78 is 64.5. The van der Waals surface area contributed by atoms with Crippen molar-refractivity contribution >= 4 is 33.2 Å². The van der Waals surface area contributed by atoms with E-state index in [1.165, 1.54) is 13.8 Å². The lowest BCUT2D eigenvalue weighted by atomic mass is 10.1. The number of rotatable bonds is 8. The van der Waals surface area contributed by atoms with Gasteiger partial charge in [0.05, 0.1) is 27.8 Å². The highest BCUT2D eigenvalue weighted by Gasteiger charge is 2.55. The summed E-state index contributed by atoms with van der Waals surface area (Å²) in [6.45, 7) is 2.32. The first kappa shape index (κ1) is 25.6. The molecule has 2 unspecified atom stereocenters. The molecule has 0 aliphatic carbocycles. The summed E-state index contributed by atoms with van der Waals surface area (Å²) in [5, 5.41) is 29.8. The van der Waals surface area contributed by atoms with Gasteiger partial charge < -0.3 is 20.6 Å². The van der Waals surface area contributed by atoms with E-state index in [1.54, 1.807) is 5.32 Å². The molecule has 1 amide bonds. The molecule has 4 N–H and O–H groups in total. The summed E-state index contributed by atoms with van der Waals surface area (Å²) in [5.41, 5.74) is -4.04. The number of alkyl halides is 3. The molecule has 1 aromatic carbocycles. The molecule has 0 fully saturated rings. The second-order valence-electron chi connectivity index (χ2n) is 6.69. The first-order valence-corrected chi connectivity index (χ1v) is 10.1. The van der Waals surface area contributed by atoms with Crippen molar-refractivity contribution in [1.29, 1.82) is 0 Å². The second-order valence-corrected chi connectivity index (χ2v) is 9.03. The molecule has 3 atom stereocenters. The van der Waals surface area contributed by atoms with Crippen LogP contribution in [0.15, 0.2) is 23.1 Å². The van der Waals surface area contributed by atoms with Gasteiger partial charge in [0.25, 0.3) is 5.91 Å². The number of carbonyl (C=O) groups excluding carboxylic acids is 1. The molecule has 1 rings (SSSR count). The predicted molar refractivity (Wildman–Crippen MR) is 98.9 cm³/mol. The highest BCUT2D eigenvalue weighted by Crippen LogP contribution is 2.33. The Morgan fingerprint density at radius 3 is 2.07 bits per heavy atom. The van der Waals surface area contributed by atoms with Crippen molar-refractivity contribution in [3.63, 3.8) is 0 Å². The van der Waals surface area contributed by atoms with Crippen LogP contribution in [0, 0.1) is 0 Å². The van der Waals surface area contributed by atoms with Gasteiger partial charge in [0.2, 0.25) is 15.6 Å². The summed E-state index contributed by atoms with van der Waals surface area (Å²) in [6, 6.07) is 2.84. The molecule has 0 heterocycles. The molecule has 0 bridgehead atoms. The Balaban J connectivity index is 3.20. The van der Waals surface area contributed by atoms with E-state index in [4.69, 9.17) is 11.6 Å². The van der Waals surface area contributed by atoms with Gasteiger partial charge in [-0.05, 0) is 39.0 Å². The average molecular weight is 463 g/mol. The SMILES string of the molecule is CC(O)CN(CC(C)O)S(=O)(=O)c1ccc(NC(=O)[C@@](C)(O)C(F)(F)F)c(Cl)c1. The molecular formula is C16H22ClF3N2O6S. The van der Waals surface area contributed by atoms with Gasteiger partial charge in [-0.1, -0.05) is 11.6 Å². The third kappa shape index (κ3) is 6.27. The zero-order valence-electron chi connectivity index (χ0n) is 15.7. The van der Waals surface area contributed by atoms with Crippen molar-refractivity contribution in [3.8, 4) is 0 Å². The van der Waals surface area contributed by atoms with Gasteiger partial charge in [-0.15, -0.1) is 0 Å². The van der Waals surface area contributed by atoms with E-state index in [0.29, 0.717) is 0 Å². The number of benzene rings is 1. The number of sulfonamides is 1. The zero-order chi connectivity index (χ0) is 22.8. The Hall–Kier alpha value is -1.44. The van der Waals surface area contributed by atoms with Crippen LogP contribution in [-0.4, -0.2) is 71.0 Å². The van der Waals surface area contributed by atoms with Crippen molar-refractivity contribution in [1.82, 2.24) is 4.31 Å². The van der Waals surface area contributed by atoms with E-state index in [9.17, 15) is 41.7 Å². The minimum Gasteiger partial charge on any atom is -0.392 e. The number of carbonyl (C=O) groups is 1. The Kier molecular flexibility index (Phi) is 8.07. The number of anilines is 1. The fraction of sp³-hybridized carbons (Fsp3) is 0.562. The molecule has 29 heavy (non-hydrogen) atoms. The number of nitrogens with one attached hydrogen (secondary N) is 1. The number of amides is 1. The molecule has 1 aromatic rings. The first-order chi connectivity index (χ1) is 13.0. The number of nitrogens with zero attached hydrogens (tertiary/aromatic N) is 1. The topological polar surface area (TPSA) is 127 Å². The van der Waals surface area contributed by atoms with Crippen molar-refractivity contribution in [3.05, 3.63) is 23.2 Å². The molecule has 13 heteroatoms. The van der Waals surface area contributed by atoms with E-state index < -0.39 is 44.9 Å². The maximum atomic E-state index is 12.7. The molecule has 0 radical (unpaired) electrons. The molecule has 166 valence electrons. The summed E-state index contributed by atoms with van der Waals surface area (Å²) in [7, 11) is -4.22. The molecule has 0 saturated heterocycles. The van der Waals surface area contributed by atoms with Crippen molar-refractivity contribution < 1.29 is 41.7 Å². The lowest BCUT2D eigenvalue weighted by Gasteiger charge is -2.26. The van der Waals surface area contributed by atoms with Crippen LogP contribution in [0.25, 0.3) is 0 Å². The summed E-state index contributed by atoms with van der Waals surface area (Å²) >= 11 is 5.90. The highest BCUT2D eigenvalue weighted by molar-refractivity contribution is 7.89. The Labute approximate surface area is 170 Å². The molecule has 0 aliphatic rings. The number of aliphatic hydroxyl groups excluding tert-OH is 2. The molecule has 0 saturated carbocycles. The van der Waals surface area contributed by atoms with E-state index in [0.717, 1.165) is 22.5 Å². The van der Waals surface area contributed by atoms with Gasteiger partial charge >= 0.3 is 6.18 Å². The van der Waals surface area contributed by atoms with Crippen molar-refractivity contribution in [2.24, 2.45) is 0 Å².